The molecule has 0 saturated carbocycles. The summed E-state index contributed by atoms with van der Waals surface area (Å²) in [7, 11) is 0. The van der Waals surface area contributed by atoms with Gasteiger partial charge in [0, 0.05) is 29.9 Å². The molecule has 1 saturated heterocycles. The minimum absolute atomic E-state index is 0.0762. The fraction of sp³-hybridized carbons (Fsp3) is 0.286. The summed E-state index contributed by atoms with van der Waals surface area (Å²) in [6.45, 7) is 0.760. The van der Waals surface area contributed by atoms with E-state index in [1.54, 1.807) is 12.4 Å². The Balaban J connectivity index is 1.51. The number of hydrogen-bond acceptors (Lipinski definition) is 4. The number of thiazole rings is 1. The van der Waals surface area contributed by atoms with Crippen molar-refractivity contribution in [3.8, 4) is 11.3 Å². The van der Waals surface area contributed by atoms with E-state index in [1.165, 1.54) is 11.3 Å². The molecule has 1 N–H and O–H groups in total. The molecule has 1 unspecified atom stereocenters. The first-order valence-corrected chi connectivity index (χ1v) is 10.2. The number of benzene rings is 1. The third-order valence-electron chi connectivity index (χ3n) is 4.89. The van der Waals surface area contributed by atoms with E-state index in [2.05, 4.69) is 15.3 Å². The highest BCUT2D eigenvalue weighted by Gasteiger charge is 2.27. The topological polar surface area (TPSA) is 58.1 Å². The Hall–Kier alpha value is -2.73. The highest BCUT2D eigenvalue weighted by molar-refractivity contribution is 7.14. The molecule has 3 aromatic rings. The van der Waals surface area contributed by atoms with Crippen molar-refractivity contribution in [2.75, 3.05) is 11.9 Å². The third kappa shape index (κ3) is 4.17. The number of pyridine rings is 1. The Morgan fingerprint density at radius 2 is 1.89 bits per heavy atom. The van der Waals surface area contributed by atoms with E-state index in [4.69, 9.17) is 0 Å². The summed E-state index contributed by atoms with van der Waals surface area (Å²) in [6.07, 6.45) is 7.88. The van der Waals surface area contributed by atoms with Gasteiger partial charge in [0.1, 0.15) is 0 Å². The molecule has 138 valence electrons. The van der Waals surface area contributed by atoms with Gasteiger partial charge in [-0.1, -0.05) is 43.2 Å². The summed E-state index contributed by atoms with van der Waals surface area (Å²) in [5.74, 6) is 0. The molecule has 4 rings (SSSR count). The average Bonchev–Trinajstić information content (AvgIpc) is 3.04. The van der Waals surface area contributed by atoms with Gasteiger partial charge in [-0.3, -0.25) is 10.3 Å². The fourth-order valence-electron chi connectivity index (χ4n) is 3.52. The number of aromatic nitrogens is 2. The zero-order valence-electron chi connectivity index (χ0n) is 15.0. The summed E-state index contributed by atoms with van der Waals surface area (Å²) in [5.41, 5.74) is 3.09. The van der Waals surface area contributed by atoms with Crippen LogP contribution in [0.25, 0.3) is 11.3 Å². The summed E-state index contributed by atoms with van der Waals surface area (Å²) < 4.78 is 0. The maximum absolute atomic E-state index is 13.0. The summed E-state index contributed by atoms with van der Waals surface area (Å²) in [4.78, 5) is 23.7. The molecule has 5 nitrogen and oxygen atoms in total. The van der Waals surface area contributed by atoms with Gasteiger partial charge in [0.15, 0.2) is 5.13 Å². The number of anilines is 1. The quantitative estimate of drug-likeness (QED) is 0.668. The molecular weight excluding hydrogens is 356 g/mol. The summed E-state index contributed by atoms with van der Waals surface area (Å²) >= 11 is 1.46. The van der Waals surface area contributed by atoms with Gasteiger partial charge >= 0.3 is 6.03 Å². The number of carbonyl (C=O) groups is 1. The second-order valence-corrected chi connectivity index (χ2v) is 7.53. The van der Waals surface area contributed by atoms with Gasteiger partial charge < -0.3 is 4.90 Å². The maximum atomic E-state index is 13.0. The molecule has 0 aliphatic carbocycles. The van der Waals surface area contributed by atoms with Gasteiger partial charge in [-0.2, -0.15) is 0 Å². The Morgan fingerprint density at radius 1 is 1.07 bits per heavy atom. The van der Waals surface area contributed by atoms with E-state index in [9.17, 15) is 4.79 Å². The van der Waals surface area contributed by atoms with Gasteiger partial charge in [-0.05, 0) is 30.5 Å². The first-order chi connectivity index (χ1) is 13.3. The average molecular weight is 379 g/mol. The SMILES string of the molecule is O=C(Nc1nc(-c2ccccc2)cs1)N1CCCCCC1c1ccncc1. The normalized spacial score (nSPS) is 17.3. The molecule has 0 bridgehead atoms. The number of urea groups is 1. The molecule has 1 aliphatic heterocycles. The Kier molecular flexibility index (Phi) is 5.44. The number of rotatable bonds is 3. The van der Waals surface area contributed by atoms with E-state index < -0.39 is 0 Å². The number of nitrogens with one attached hydrogen (secondary N) is 1. The maximum Gasteiger partial charge on any atom is 0.324 e. The number of hydrogen-bond donors (Lipinski definition) is 1. The van der Waals surface area contributed by atoms with Crippen LogP contribution in [0.2, 0.25) is 0 Å². The lowest BCUT2D eigenvalue weighted by Crippen LogP contribution is -2.38. The molecule has 6 heteroatoms. The van der Waals surface area contributed by atoms with E-state index in [1.807, 2.05) is 52.7 Å². The Labute approximate surface area is 163 Å². The minimum atomic E-state index is -0.0762. The van der Waals surface area contributed by atoms with Crippen LogP contribution in [0.4, 0.5) is 9.93 Å². The second kappa shape index (κ2) is 8.31. The highest BCUT2D eigenvalue weighted by Crippen LogP contribution is 2.31. The van der Waals surface area contributed by atoms with Crippen LogP contribution < -0.4 is 5.32 Å². The lowest BCUT2D eigenvalue weighted by Gasteiger charge is -2.30. The minimum Gasteiger partial charge on any atom is -0.317 e. The van der Waals surface area contributed by atoms with Crippen LogP contribution in [0.15, 0.2) is 60.2 Å². The van der Waals surface area contributed by atoms with Crippen molar-refractivity contribution >= 4 is 22.5 Å². The van der Waals surface area contributed by atoms with Crippen molar-refractivity contribution in [3.05, 3.63) is 65.8 Å². The molecule has 1 atom stereocenters. The van der Waals surface area contributed by atoms with Crippen LogP contribution in [0.1, 0.15) is 37.3 Å². The third-order valence-corrected chi connectivity index (χ3v) is 5.65. The molecule has 2 amide bonds. The lowest BCUT2D eigenvalue weighted by molar-refractivity contribution is 0.189. The van der Waals surface area contributed by atoms with Crippen molar-refractivity contribution in [1.82, 2.24) is 14.9 Å². The molecule has 2 aromatic heterocycles. The van der Waals surface area contributed by atoms with E-state index in [0.29, 0.717) is 5.13 Å². The van der Waals surface area contributed by atoms with Crippen LogP contribution in [0, 0.1) is 0 Å². The molecule has 0 radical (unpaired) electrons. The molecular formula is C21H22N4OS. The van der Waals surface area contributed by atoms with Crippen LogP contribution in [-0.2, 0) is 0 Å². The van der Waals surface area contributed by atoms with Crippen LogP contribution in [0.3, 0.4) is 0 Å². The van der Waals surface area contributed by atoms with Crippen molar-refractivity contribution in [2.45, 2.75) is 31.7 Å². The number of amides is 2. The second-order valence-electron chi connectivity index (χ2n) is 6.67. The molecule has 1 aliphatic rings. The van der Waals surface area contributed by atoms with E-state index >= 15 is 0 Å². The van der Waals surface area contributed by atoms with Crippen LogP contribution >= 0.6 is 11.3 Å². The standard InChI is InChI=1S/C21H22N4OS/c26-21(24-20-23-18(15-27-20)16-7-3-1-4-8-16)25-14-6-2-5-9-19(25)17-10-12-22-13-11-17/h1,3-4,7-8,10-13,15,19H,2,5-6,9,14H2,(H,23,24,26). The van der Waals surface area contributed by atoms with Crippen molar-refractivity contribution in [3.63, 3.8) is 0 Å². The summed E-state index contributed by atoms with van der Waals surface area (Å²) in [6, 6.07) is 14.0. The van der Waals surface area contributed by atoms with E-state index in [-0.39, 0.29) is 12.1 Å². The number of likely N-dealkylation sites (tertiary alicyclic amines) is 1. The van der Waals surface area contributed by atoms with Crippen molar-refractivity contribution < 1.29 is 4.79 Å². The molecule has 0 spiro atoms. The van der Waals surface area contributed by atoms with Crippen molar-refractivity contribution in [1.29, 1.82) is 0 Å². The first-order valence-electron chi connectivity index (χ1n) is 9.30. The monoisotopic (exact) mass is 378 g/mol. The van der Waals surface area contributed by atoms with Crippen molar-refractivity contribution in [2.24, 2.45) is 0 Å². The van der Waals surface area contributed by atoms with E-state index in [0.717, 1.165) is 49.0 Å². The van der Waals surface area contributed by atoms with Gasteiger partial charge in [-0.25, -0.2) is 9.78 Å². The van der Waals surface area contributed by atoms with Crippen LogP contribution in [-0.4, -0.2) is 27.4 Å². The smallest absolute Gasteiger partial charge is 0.317 e. The predicted molar refractivity (Wildman–Crippen MR) is 109 cm³/mol. The van der Waals surface area contributed by atoms with Gasteiger partial charge in [0.25, 0.3) is 0 Å². The molecule has 1 aromatic carbocycles. The Bertz CT molecular complexity index is 881. The zero-order chi connectivity index (χ0) is 18.5. The molecule has 1 fully saturated rings. The predicted octanol–water partition coefficient (Wildman–Crippen LogP) is 5.35. The summed E-state index contributed by atoms with van der Waals surface area (Å²) in [5, 5.41) is 5.62. The first kappa shape index (κ1) is 17.7. The lowest BCUT2D eigenvalue weighted by atomic mass is 10.0. The fourth-order valence-corrected chi connectivity index (χ4v) is 4.23. The van der Waals surface area contributed by atoms with Gasteiger partial charge in [0.2, 0.25) is 0 Å². The molecule has 3 heterocycles. The van der Waals surface area contributed by atoms with Crippen LogP contribution in [0.5, 0.6) is 0 Å². The van der Waals surface area contributed by atoms with Gasteiger partial charge in [0.05, 0.1) is 11.7 Å². The number of carbonyl (C=O) groups excluding carboxylic acids is 1. The largest absolute Gasteiger partial charge is 0.324 e. The molecule has 27 heavy (non-hydrogen) atoms. The zero-order valence-corrected chi connectivity index (χ0v) is 15.9. The number of nitrogens with zero attached hydrogens (tertiary/aromatic N) is 3. The highest BCUT2D eigenvalue weighted by atomic mass is 32.1. The Morgan fingerprint density at radius 3 is 2.70 bits per heavy atom. The van der Waals surface area contributed by atoms with Gasteiger partial charge in [-0.15, -0.1) is 11.3 Å².